The standard InChI is InChI=1S/C17H24N2O3/c1-21-16-7-3-2-6-13(16)14-11-15(14)19-17(20)18-9-8-12-5-4-10-22-12/h2-3,6-7,12,14-15H,4-5,8-11H2,1H3,(H2,18,19,20)/t12-,14+,15-/m1/s1. The highest BCUT2D eigenvalue weighted by atomic mass is 16.5. The lowest BCUT2D eigenvalue weighted by molar-refractivity contribution is 0.104. The number of nitrogens with one attached hydrogen (secondary N) is 2. The summed E-state index contributed by atoms with van der Waals surface area (Å²) in [5, 5.41) is 5.95. The molecule has 1 aliphatic heterocycles. The van der Waals surface area contributed by atoms with Crippen LogP contribution in [0.3, 0.4) is 0 Å². The Bertz CT molecular complexity index is 514. The maximum absolute atomic E-state index is 11.9. The van der Waals surface area contributed by atoms with E-state index in [1.54, 1.807) is 7.11 Å². The molecule has 2 fully saturated rings. The number of methoxy groups -OCH3 is 1. The fourth-order valence-corrected chi connectivity index (χ4v) is 3.11. The smallest absolute Gasteiger partial charge is 0.315 e. The van der Waals surface area contributed by atoms with E-state index in [4.69, 9.17) is 9.47 Å². The average molecular weight is 304 g/mol. The molecule has 2 aliphatic rings. The van der Waals surface area contributed by atoms with Crippen LogP contribution in [0.25, 0.3) is 0 Å². The van der Waals surface area contributed by atoms with E-state index in [1.807, 2.05) is 18.2 Å². The van der Waals surface area contributed by atoms with Crippen molar-refractivity contribution in [1.82, 2.24) is 10.6 Å². The number of amides is 2. The van der Waals surface area contributed by atoms with Gasteiger partial charge in [-0.15, -0.1) is 0 Å². The van der Waals surface area contributed by atoms with E-state index in [0.717, 1.165) is 38.0 Å². The van der Waals surface area contributed by atoms with Crippen LogP contribution >= 0.6 is 0 Å². The quantitative estimate of drug-likeness (QED) is 0.848. The van der Waals surface area contributed by atoms with E-state index >= 15 is 0 Å². The van der Waals surface area contributed by atoms with E-state index in [0.29, 0.717) is 18.6 Å². The number of benzene rings is 1. The molecule has 120 valence electrons. The molecular weight excluding hydrogens is 280 g/mol. The second kappa shape index (κ2) is 7.01. The van der Waals surface area contributed by atoms with E-state index in [1.165, 1.54) is 5.56 Å². The summed E-state index contributed by atoms with van der Waals surface area (Å²) in [7, 11) is 1.68. The summed E-state index contributed by atoms with van der Waals surface area (Å²) in [6.07, 6.45) is 4.44. The fraction of sp³-hybridized carbons (Fsp3) is 0.588. The van der Waals surface area contributed by atoms with E-state index in [9.17, 15) is 4.79 Å². The van der Waals surface area contributed by atoms with Gasteiger partial charge in [0.15, 0.2) is 0 Å². The molecule has 1 aliphatic carbocycles. The van der Waals surface area contributed by atoms with Crippen LogP contribution in [0.15, 0.2) is 24.3 Å². The molecule has 1 heterocycles. The summed E-state index contributed by atoms with van der Waals surface area (Å²) < 4.78 is 10.9. The topological polar surface area (TPSA) is 59.6 Å². The van der Waals surface area contributed by atoms with Crippen molar-refractivity contribution in [2.75, 3.05) is 20.3 Å². The molecule has 0 spiro atoms. The highest BCUT2D eigenvalue weighted by Crippen LogP contribution is 2.44. The number of ether oxygens (including phenoxy) is 2. The second-order valence-corrected chi connectivity index (χ2v) is 6.01. The Hall–Kier alpha value is -1.75. The lowest BCUT2D eigenvalue weighted by atomic mass is 10.1. The average Bonchev–Trinajstić information content (AvgIpc) is 3.08. The van der Waals surface area contributed by atoms with Crippen molar-refractivity contribution in [3.8, 4) is 5.75 Å². The molecule has 0 bridgehead atoms. The van der Waals surface area contributed by atoms with Crippen LogP contribution in [-0.4, -0.2) is 38.4 Å². The summed E-state index contributed by atoms with van der Waals surface area (Å²) in [4.78, 5) is 11.9. The molecule has 1 saturated heterocycles. The Labute approximate surface area is 131 Å². The van der Waals surface area contributed by atoms with E-state index in [-0.39, 0.29) is 12.1 Å². The Morgan fingerprint density at radius 1 is 1.41 bits per heavy atom. The first-order chi connectivity index (χ1) is 10.8. The third-order valence-electron chi connectivity index (χ3n) is 4.42. The van der Waals surface area contributed by atoms with Gasteiger partial charge >= 0.3 is 6.03 Å². The maximum Gasteiger partial charge on any atom is 0.315 e. The largest absolute Gasteiger partial charge is 0.496 e. The Morgan fingerprint density at radius 3 is 3.05 bits per heavy atom. The van der Waals surface area contributed by atoms with Gasteiger partial charge in [-0.2, -0.15) is 0 Å². The Balaban J connectivity index is 1.40. The van der Waals surface area contributed by atoms with E-state index < -0.39 is 0 Å². The van der Waals surface area contributed by atoms with Crippen LogP contribution in [0, 0.1) is 0 Å². The van der Waals surface area contributed by atoms with Crippen LogP contribution in [-0.2, 0) is 4.74 Å². The first-order valence-electron chi connectivity index (χ1n) is 8.07. The first kappa shape index (κ1) is 15.2. The van der Waals surface area contributed by atoms with Crippen LogP contribution in [0.1, 0.15) is 37.2 Å². The molecule has 2 amide bonds. The normalized spacial score (nSPS) is 26.5. The van der Waals surface area contributed by atoms with Crippen molar-refractivity contribution in [3.63, 3.8) is 0 Å². The van der Waals surface area contributed by atoms with Gasteiger partial charge in [0.2, 0.25) is 0 Å². The number of hydrogen-bond donors (Lipinski definition) is 2. The number of hydrogen-bond acceptors (Lipinski definition) is 3. The molecule has 3 atom stereocenters. The number of carbonyl (C=O) groups excluding carboxylic acids is 1. The summed E-state index contributed by atoms with van der Waals surface area (Å²) in [6.45, 7) is 1.53. The Morgan fingerprint density at radius 2 is 2.27 bits per heavy atom. The molecule has 0 radical (unpaired) electrons. The number of rotatable bonds is 6. The van der Waals surface area contributed by atoms with Crippen molar-refractivity contribution in [2.45, 2.75) is 43.7 Å². The van der Waals surface area contributed by atoms with Crippen LogP contribution in [0.2, 0.25) is 0 Å². The van der Waals surface area contributed by atoms with Crippen molar-refractivity contribution >= 4 is 6.03 Å². The monoisotopic (exact) mass is 304 g/mol. The van der Waals surface area contributed by atoms with Crippen LogP contribution in [0.5, 0.6) is 5.75 Å². The second-order valence-electron chi connectivity index (χ2n) is 6.01. The number of urea groups is 1. The molecule has 0 unspecified atom stereocenters. The molecule has 1 aromatic rings. The van der Waals surface area contributed by atoms with Gasteiger partial charge in [-0.3, -0.25) is 0 Å². The molecule has 0 aromatic heterocycles. The third-order valence-corrected chi connectivity index (χ3v) is 4.42. The highest BCUT2D eigenvalue weighted by molar-refractivity contribution is 5.75. The van der Waals surface area contributed by atoms with Gasteiger partial charge < -0.3 is 20.1 Å². The minimum absolute atomic E-state index is 0.0830. The molecule has 3 rings (SSSR count). The predicted molar refractivity (Wildman–Crippen MR) is 84.3 cm³/mol. The van der Waals surface area contributed by atoms with Crippen molar-refractivity contribution in [3.05, 3.63) is 29.8 Å². The fourth-order valence-electron chi connectivity index (χ4n) is 3.11. The van der Waals surface area contributed by atoms with Crippen LogP contribution < -0.4 is 15.4 Å². The molecule has 1 aromatic carbocycles. The minimum Gasteiger partial charge on any atom is -0.496 e. The van der Waals surface area contributed by atoms with Gasteiger partial charge in [0.05, 0.1) is 13.2 Å². The third kappa shape index (κ3) is 3.71. The maximum atomic E-state index is 11.9. The SMILES string of the molecule is COc1ccccc1[C@@H]1C[C@H]1NC(=O)NCC[C@H]1CCCO1. The molecule has 22 heavy (non-hydrogen) atoms. The molecule has 5 heteroatoms. The molecule has 2 N–H and O–H groups in total. The molecular formula is C17H24N2O3. The van der Waals surface area contributed by atoms with Gasteiger partial charge in [-0.25, -0.2) is 4.79 Å². The van der Waals surface area contributed by atoms with Crippen molar-refractivity contribution in [2.24, 2.45) is 0 Å². The summed E-state index contributed by atoms with van der Waals surface area (Å²) in [6, 6.07) is 8.13. The van der Waals surface area contributed by atoms with Crippen molar-refractivity contribution in [1.29, 1.82) is 0 Å². The van der Waals surface area contributed by atoms with Crippen molar-refractivity contribution < 1.29 is 14.3 Å². The lowest BCUT2D eigenvalue weighted by Crippen LogP contribution is -2.38. The molecule has 5 nitrogen and oxygen atoms in total. The highest BCUT2D eigenvalue weighted by Gasteiger charge is 2.41. The van der Waals surface area contributed by atoms with E-state index in [2.05, 4.69) is 16.7 Å². The predicted octanol–water partition coefficient (Wildman–Crippen LogP) is 2.42. The van der Waals surface area contributed by atoms with Gasteiger partial charge in [0.25, 0.3) is 0 Å². The Kier molecular flexibility index (Phi) is 4.83. The lowest BCUT2D eigenvalue weighted by Gasteiger charge is -2.11. The zero-order valence-electron chi connectivity index (χ0n) is 13.0. The number of para-hydroxylation sites is 1. The van der Waals surface area contributed by atoms with Gasteiger partial charge in [-0.05, 0) is 37.3 Å². The first-order valence-corrected chi connectivity index (χ1v) is 8.07. The summed E-state index contributed by atoms with van der Waals surface area (Å²) in [5.74, 6) is 1.26. The summed E-state index contributed by atoms with van der Waals surface area (Å²) >= 11 is 0. The van der Waals surface area contributed by atoms with Gasteiger partial charge in [-0.1, -0.05) is 18.2 Å². The van der Waals surface area contributed by atoms with Gasteiger partial charge in [0.1, 0.15) is 5.75 Å². The van der Waals surface area contributed by atoms with Crippen LogP contribution in [0.4, 0.5) is 4.79 Å². The minimum atomic E-state index is -0.0830. The zero-order valence-corrected chi connectivity index (χ0v) is 13.0. The zero-order chi connectivity index (χ0) is 15.4. The number of carbonyl (C=O) groups is 1. The molecule has 1 saturated carbocycles. The van der Waals surface area contributed by atoms with Gasteiger partial charge in [0, 0.05) is 25.1 Å². The summed E-state index contributed by atoms with van der Waals surface area (Å²) in [5.41, 5.74) is 1.18.